The molecule has 30 heavy (non-hydrogen) atoms. The van der Waals surface area contributed by atoms with Crippen LogP contribution in [-0.2, 0) is 0 Å². The van der Waals surface area contributed by atoms with Gasteiger partial charge in [-0.05, 0) is 38.6 Å². The van der Waals surface area contributed by atoms with Crippen LogP contribution >= 0.6 is 0 Å². The number of unbranched alkanes of at least 4 members (excludes halogenated alkanes) is 12. The quantitative estimate of drug-likeness (QED) is 0.200. The van der Waals surface area contributed by atoms with E-state index in [9.17, 15) is 4.79 Å². The lowest BCUT2D eigenvalue weighted by Gasteiger charge is -2.33. The number of piperazine rings is 1. The normalized spacial score (nSPS) is 15.3. The van der Waals surface area contributed by atoms with Gasteiger partial charge in [0, 0.05) is 39.3 Å². The molecule has 0 spiro atoms. The van der Waals surface area contributed by atoms with Crippen molar-refractivity contribution in [1.82, 2.24) is 15.1 Å². The van der Waals surface area contributed by atoms with Gasteiger partial charge < -0.3 is 15.3 Å². The van der Waals surface area contributed by atoms with E-state index in [0.29, 0.717) is 13.1 Å². The molecule has 1 amide bonds. The van der Waals surface area contributed by atoms with Gasteiger partial charge in [0.05, 0.1) is 0 Å². The van der Waals surface area contributed by atoms with E-state index in [1.165, 1.54) is 94.8 Å². The number of carboxylic acid groups (broad SMARTS) is 1. The van der Waals surface area contributed by atoms with Crippen molar-refractivity contribution in [1.29, 1.82) is 0 Å². The first-order valence-corrected chi connectivity index (χ1v) is 12.8. The van der Waals surface area contributed by atoms with Crippen LogP contribution in [0.5, 0.6) is 0 Å². The topological polar surface area (TPSA) is 55.8 Å². The number of amides is 1. The van der Waals surface area contributed by atoms with E-state index < -0.39 is 6.09 Å². The smallest absolute Gasteiger partial charge is 0.407 e. The molecule has 0 aliphatic carbocycles. The van der Waals surface area contributed by atoms with Crippen molar-refractivity contribution in [3.05, 3.63) is 12.2 Å². The summed E-state index contributed by atoms with van der Waals surface area (Å²) in [6.07, 6.45) is 23.0. The van der Waals surface area contributed by atoms with E-state index in [1.54, 1.807) is 0 Å². The molecule has 1 heterocycles. The molecule has 0 saturated carbocycles. The van der Waals surface area contributed by atoms with Crippen molar-refractivity contribution in [2.45, 2.75) is 96.8 Å². The number of hydrogen-bond donors (Lipinski definition) is 2. The summed E-state index contributed by atoms with van der Waals surface area (Å²) in [5, 5.41) is 12.5. The molecule has 2 N–H and O–H groups in total. The van der Waals surface area contributed by atoms with Gasteiger partial charge in [-0.15, -0.1) is 0 Å². The number of carbonyl (C=O) groups is 1. The van der Waals surface area contributed by atoms with Crippen LogP contribution in [0.15, 0.2) is 12.2 Å². The summed E-state index contributed by atoms with van der Waals surface area (Å²) in [6, 6.07) is 0. The second kappa shape index (κ2) is 19.9. The van der Waals surface area contributed by atoms with Gasteiger partial charge in [0.1, 0.15) is 0 Å². The molecule has 1 aliphatic heterocycles. The lowest BCUT2D eigenvalue weighted by Crippen LogP contribution is -2.49. The second-order valence-corrected chi connectivity index (χ2v) is 8.80. The number of allylic oxidation sites excluding steroid dienone is 2. The van der Waals surface area contributed by atoms with Crippen molar-refractivity contribution in [3.63, 3.8) is 0 Å². The molecule has 0 radical (unpaired) electrons. The van der Waals surface area contributed by atoms with E-state index in [4.69, 9.17) is 5.11 Å². The second-order valence-electron chi connectivity index (χ2n) is 8.80. The third-order valence-electron chi connectivity index (χ3n) is 6.11. The summed E-state index contributed by atoms with van der Waals surface area (Å²) >= 11 is 0. The minimum absolute atomic E-state index is 0.643. The zero-order chi connectivity index (χ0) is 21.7. The maximum Gasteiger partial charge on any atom is 0.407 e. The maximum atomic E-state index is 10.9. The van der Waals surface area contributed by atoms with Gasteiger partial charge in [-0.3, -0.25) is 4.90 Å². The van der Waals surface area contributed by atoms with Gasteiger partial charge in [0.25, 0.3) is 0 Å². The molecule has 1 aliphatic rings. The molecule has 1 rings (SSSR count). The number of nitrogens with zero attached hydrogens (tertiary/aromatic N) is 2. The van der Waals surface area contributed by atoms with E-state index in [-0.39, 0.29) is 0 Å². The Morgan fingerprint density at radius 3 is 1.87 bits per heavy atom. The van der Waals surface area contributed by atoms with Crippen LogP contribution in [0.4, 0.5) is 4.79 Å². The number of hydrogen-bond acceptors (Lipinski definition) is 3. The summed E-state index contributed by atoms with van der Waals surface area (Å²) in [5.41, 5.74) is 0. The predicted octanol–water partition coefficient (Wildman–Crippen LogP) is 5.91. The highest BCUT2D eigenvalue weighted by molar-refractivity contribution is 5.65. The van der Waals surface area contributed by atoms with Crippen molar-refractivity contribution >= 4 is 6.09 Å². The van der Waals surface area contributed by atoms with E-state index in [1.807, 2.05) is 0 Å². The lowest BCUT2D eigenvalue weighted by molar-refractivity contribution is 0.106. The Morgan fingerprint density at radius 2 is 1.30 bits per heavy atom. The average molecular weight is 424 g/mol. The fourth-order valence-corrected chi connectivity index (χ4v) is 4.02. The highest BCUT2D eigenvalue weighted by Gasteiger charge is 2.19. The average Bonchev–Trinajstić information content (AvgIpc) is 2.75. The van der Waals surface area contributed by atoms with E-state index >= 15 is 0 Å². The molecule has 0 unspecified atom stereocenters. The van der Waals surface area contributed by atoms with Crippen LogP contribution in [0.1, 0.15) is 96.8 Å². The Labute approximate surface area is 186 Å². The van der Waals surface area contributed by atoms with Crippen LogP contribution in [0, 0.1) is 0 Å². The van der Waals surface area contributed by atoms with E-state index in [0.717, 1.165) is 32.7 Å². The molecule has 1 saturated heterocycles. The van der Waals surface area contributed by atoms with Crippen LogP contribution in [0.3, 0.4) is 0 Å². The highest BCUT2D eigenvalue weighted by atomic mass is 16.4. The van der Waals surface area contributed by atoms with Gasteiger partial charge in [0.2, 0.25) is 0 Å². The van der Waals surface area contributed by atoms with Gasteiger partial charge in [-0.1, -0.05) is 76.9 Å². The molecule has 5 nitrogen and oxygen atoms in total. The molecule has 0 aromatic heterocycles. The molecular formula is C25H49N3O2. The van der Waals surface area contributed by atoms with Crippen LogP contribution in [-0.4, -0.2) is 66.8 Å². The summed E-state index contributed by atoms with van der Waals surface area (Å²) in [5.74, 6) is 0. The molecule has 5 heteroatoms. The molecular weight excluding hydrogens is 374 g/mol. The monoisotopic (exact) mass is 423 g/mol. The minimum Gasteiger partial charge on any atom is -0.465 e. The zero-order valence-corrected chi connectivity index (χ0v) is 19.8. The Bertz CT molecular complexity index is 421. The fourth-order valence-electron chi connectivity index (χ4n) is 4.02. The summed E-state index contributed by atoms with van der Waals surface area (Å²) < 4.78 is 0. The van der Waals surface area contributed by atoms with Crippen LogP contribution < -0.4 is 5.32 Å². The molecule has 0 atom stereocenters. The third kappa shape index (κ3) is 15.7. The Hall–Kier alpha value is -1.07. The maximum absolute atomic E-state index is 10.9. The molecule has 176 valence electrons. The largest absolute Gasteiger partial charge is 0.465 e. The van der Waals surface area contributed by atoms with Crippen molar-refractivity contribution in [2.24, 2.45) is 0 Å². The first kappa shape index (κ1) is 27.0. The summed E-state index contributed by atoms with van der Waals surface area (Å²) in [4.78, 5) is 14.8. The standard InChI is InChI=1S/C25H49N3O2/c1-2-3-4-5-6-7-8-9-10-11-12-13-14-15-16-17-18-26-19-20-27-21-23-28(24-22-27)25(29)30/h9-10,26H,2-8,11-24H2,1H3,(H,29,30). The van der Waals surface area contributed by atoms with Crippen molar-refractivity contribution in [2.75, 3.05) is 45.8 Å². The van der Waals surface area contributed by atoms with Gasteiger partial charge in [-0.25, -0.2) is 4.79 Å². The summed E-state index contributed by atoms with van der Waals surface area (Å²) in [6.45, 7) is 8.44. The van der Waals surface area contributed by atoms with Gasteiger partial charge in [-0.2, -0.15) is 0 Å². The summed E-state index contributed by atoms with van der Waals surface area (Å²) in [7, 11) is 0. The molecule has 1 fully saturated rings. The SMILES string of the molecule is CCCCCCCCC=CCCCCCCCCNCCN1CCN(C(=O)O)CC1. The van der Waals surface area contributed by atoms with E-state index in [2.05, 4.69) is 29.3 Å². The zero-order valence-electron chi connectivity index (χ0n) is 19.8. The van der Waals surface area contributed by atoms with Crippen molar-refractivity contribution in [3.8, 4) is 0 Å². The Balaban J connectivity index is 1.74. The first-order chi connectivity index (χ1) is 14.7. The minimum atomic E-state index is -0.785. The highest BCUT2D eigenvalue weighted by Crippen LogP contribution is 2.09. The number of rotatable bonds is 19. The predicted molar refractivity (Wildman–Crippen MR) is 128 cm³/mol. The molecule has 0 aromatic rings. The van der Waals surface area contributed by atoms with Gasteiger partial charge >= 0.3 is 6.09 Å². The molecule has 0 aromatic carbocycles. The van der Waals surface area contributed by atoms with Gasteiger partial charge in [0.15, 0.2) is 0 Å². The lowest BCUT2D eigenvalue weighted by atomic mass is 10.1. The molecule has 0 bridgehead atoms. The first-order valence-electron chi connectivity index (χ1n) is 12.8. The van der Waals surface area contributed by atoms with Crippen LogP contribution in [0.25, 0.3) is 0 Å². The Kier molecular flexibility index (Phi) is 17.9. The Morgan fingerprint density at radius 1 is 0.767 bits per heavy atom. The van der Waals surface area contributed by atoms with Crippen molar-refractivity contribution < 1.29 is 9.90 Å². The number of nitrogens with one attached hydrogen (secondary N) is 1. The van der Waals surface area contributed by atoms with Crippen LogP contribution in [0.2, 0.25) is 0 Å². The third-order valence-corrected chi connectivity index (χ3v) is 6.11. The fraction of sp³-hybridized carbons (Fsp3) is 0.880.